The lowest BCUT2D eigenvalue weighted by Crippen LogP contribution is -2.18. The largest absolute Gasteiger partial charge is 0.381 e. The first-order valence-corrected chi connectivity index (χ1v) is 7.15. The fraction of sp³-hybridized carbons (Fsp3) is 0.538. The summed E-state index contributed by atoms with van der Waals surface area (Å²) in [5.74, 6) is 0.746. The molecule has 0 amide bonds. The van der Waals surface area contributed by atoms with Gasteiger partial charge in [-0.05, 0) is 43.0 Å². The second-order valence-electron chi connectivity index (χ2n) is 4.43. The molecule has 1 aromatic carbocycles. The molecule has 0 saturated carbocycles. The van der Waals surface area contributed by atoms with Crippen LogP contribution in [0, 0.1) is 5.92 Å². The van der Waals surface area contributed by atoms with Crippen LogP contribution < -0.4 is 5.32 Å². The van der Waals surface area contributed by atoms with E-state index in [4.69, 9.17) is 16.3 Å². The van der Waals surface area contributed by atoms with Crippen molar-refractivity contribution >= 4 is 27.5 Å². The number of rotatable bonds is 5. The highest BCUT2D eigenvalue weighted by atomic mass is 79.9. The van der Waals surface area contributed by atoms with Crippen LogP contribution in [-0.4, -0.2) is 19.8 Å². The highest BCUT2D eigenvalue weighted by Crippen LogP contribution is 2.21. The molecule has 17 heavy (non-hydrogen) atoms. The minimum Gasteiger partial charge on any atom is -0.381 e. The van der Waals surface area contributed by atoms with Crippen molar-refractivity contribution in [2.75, 3.05) is 19.8 Å². The lowest BCUT2D eigenvalue weighted by molar-refractivity contribution is 0.184. The summed E-state index contributed by atoms with van der Waals surface area (Å²) in [6, 6.07) is 5.91. The third-order valence-corrected chi connectivity index (χ3v) is 4.06. The third kappa shape index (κ3) is 4.25. The lowest BCUT2D eigenvalue weighted by atomic mass is 10.1. The van der Waals surface area contributed by atoms with Gasteiger partial charge in [-0.3, -0.25) is 0 Å². The fourth-order valence-electron chi connectivity index (χ4n) is 2.01. The minimum atomic E-state index is 0.746. The summed E-state index contributed by atoms with van der Waals surface area (Å²) in [5, 5.41) is 4.23. The van der Waals surface area contributed by atoms with Gasteiger partial charge in [-0.25, -0.2) is 0 Å². The molecule has 2 rings (SSSR count). The van der Waals surface area contributed by atoms with Gasteiger partial charge in [0.25, 0.3) is 0 Å². The van der Waals surface area contributed by atoms with Gasteiger partial charge in [-0.1, -0.05) is 33.6 Å². The van der Waals surface area contributed by atoms with Crippen molar-refractivity contribution in [1.29, 1.82) is 0 Å². The van der Waals surface area contributed by atoms with E-state index in [9.17, 15) is 0 Å². The van der Waals surface area contributed by atoms with Crippen LogP contribution in [0.2, 0.25) is 5.02 Å². The van der Waals surface area contributed by atoms with Crippen molar-refractivity contribution < 1.29 is 4.74 Å². The van der Waals surface area contributed by atoms with Crippen molar-refractivity contribution in [3.8, 4) is 0 Å². The average Bonchev–Trinajstić information content (AvgIpc) is 2.79. The molecule has 1 saturated heterocycles. The van der Waals surface area contributed by atoms with Crippen LogP contribution in [-0.2, 0) is 11.3 Å². The monoisotopic (exact) mass is 317 g/mol. The van der Waals surface area contributed by atoms with Gasteiger partial charge in [0.2, 0.25) is 0 Å². The summed E-state index contributed by atoms with van der Waals surface area (Å²) < 4.78 is 6.43. The molecular formula is C13H17BrClNO. The number of benzene rings is 1. The molecule has 2 nitrogen and oxygen atoms in total. The molecule has 1 aliphatic heterocycles. The summed E-state index contributed by atoms with van der Waals surface area (Å²) in [6.07, 6.45) is 2.41. The molecule has 1 N–H and O–H groups in total. The number of halogens is 2. The van der Waals surface area contributed by atoms with Crippen molar-refractivity contribution in [1.82, 2.24) is 5.32 Å². The van der Waals surface area contributed by atoms with Crippen molar-refractivity contribution in [2.45, 2.75) is 19.4 Å². The van der Waals surface area contributed by atoms with Gasteiger partial charge in [-0.15, -0.1) is 0 Å². The van der Waals surface area contributed by atoms with E-state index in [0.29, 0.717) is 0 Å². The first-order valence-electron chi connectivity index (χ1n) is 5.98. The molecular weight excluding hydrogens is 302 g/mol. The van der Waals surface area contributed by atoms with E-state index in [-0.39, 0.29) is 0 Å². The minimum absolute atomic E-state index is 0.746. The molecule has 0 aromatic heterocycles. The zero-order chi connectivity index (χ0) is 12.1. The Labute approximate surface area is 116 Å². The Morgan fingerprint density at radius 3 is 3.06 bits per heavy atom. The Morgan fingerprint density at radius 2 is 2.35 bits per heavy atom. The molecule has 4 heteroatoms. The fourth-order valence-corrected chi connectivity index (χ4v) is 2.83. The topological polar surface area (TPSA) is 21.3 Å². The molecule has 0 aliphatic carbocycles. The summed E-state index contributed by atoms with van der Waals surface area (Å²) >= 11 is 9.42. The maximum atomic E-state index is 5.90. The summed E-state index contributed by atoms with van der Waals surface area (Å²) in [5.41, 5.74) is 1.25. The highest BCUT2D eigenvalue weighted by molar-refractivity contribution is 9.10. The summed E-state index contributed by atoms with van der Waals surface area (Å²) in [6.45, 7) is 3.80. The SMILES string of the molecule is Clc1ccc(CNCCC2CCOC2)c(Br)c1. The predicted octanol–water partition coefficient (Wildman–Crippen LogP) is 3.62. The maximum Gasteiger partial charge on any atom is 0.0495 e. The Balaban J connectivity index is 1.70. The van der Waals surface area contributed by atoms with E-state index in [1.54, 1.807) is 0 Å². The van der Waals surface area contributed by atoms with Crippen molar-refractivity contribution in [2.24, 2.45) is 5.92 Å². The van der Waals surface area contributed by atoms with Gasteiger partial charge in [0, 0.05) is 29.3 Å². The Hall–Kier alpha value is -0.0900. The van der Waals surface area contributed by atoms with Crippen LogP contribution in [0.5, 0.6) is 0 Å². The third-order valence-electron chi connectivity index (χ3n) is 3.08. The van der Waals surface area contributed by atoms with Gasteiger partial charge in [0.1, 0.15) is 0 Å². The zero-order valence-electron chi connectivity index (χ0n) is 9.72. The number of ether oxygens (including phenoxy) is 1. The average molecular weight is 319 g/mol. The van der Waals surface area contributed by atoms with E-state index < -0.39 is 0 Å². The van der Waals surface area contributed by atoms with Crippen molar-refractivity contribution in [3.63, 3.8) is 0 Å². The summed E-state index contributed by atoms with van der Waals surface area (Å²) in [4.78, 5) is 0. The molecule has 1 aliphatic rings. The quantitative estimate of drug-likeness (QED) is 0.837. The molecule has 0 spiro atoms. The van der Waals surface area contributed by atoms with Gasteiger partial charge in [-0.2, -0.15) is 0 Å². The molecule has 1 aromatic rings. The van der Waals surface area contributed by atoms with Gasteiger partial charge in [0.05, 0.1) is 0 Å². The van der Waals surface area contributed by atoms with Gasteiger partial charge >= 0.3 is 0 Å². The molecule has 1 atom stereocenters. The Morgan fingerprint density at radius 1 is 1.47 bits per heavy atom. The Bertz CT molecular complexity index is 366. The van der Waals surface area contributed by atoms with E-state index >= 15 is 0 Å². The van der Waals surface area contributed by atoms with E-state index in [2.05, 4.69) is 27.3 Å². The summed E-state index contributed by atoms with van der Waals surface area (Å²) in [7, 11) is 0. The molecule has 0 bridgehead atoms. The van der Waals surface area contributed by atoms with E-state index in [1.807, 2.05) is 12.1 Å². The smallest absolute Gasteiger partial charge is 0.0495 e. The molecule has 1 fully saturated rings. The highest BCUT2D eigenvalue weighted by Gasteiger charge is 2.14. The molecule has 1 heterocycles. The standard InChI is InChI=1S/C13H17BrClNO/c14-13-7-12(15)2-1-11(13)8-16-5-3-10-4-6-17-9-10/h1-2,7,10,16H,3-6,8-9H2. The van der Waals surface area contributed by atoms with Crippen LogP contribution >= 0.6 is 27.5 Å². The molecule has 1 unspecified atom stereocenters. The molecule has 0 radical (unpaired) electrons. The lowest BCUT2D eigenvalue weighted by Gasteiger charge is -2.10. The Kier molecular flexibility index (Phi) is 5.29. The number of hydrogen-bond donors (Lipinski definition) is 1. The first-order chi connectivity index (χ1) is 8.25. The van der Waals surface area contributed by atoms with Crippen LogP contribution in [0.4, 0.5) is 0 Å². The second kappa shape index (κ2) is 6.74. The molecule has 94 valence electrons. The maximum absolute atomic E-state index is 5.90. The number of hydrogen-bond acceptors (Lipinski definition) is 2. The zero-order valence-corrected chi connectivity index (χ0v) is 12.1. The van der Waals surface area contributed by atoms with Crippen LogP contribution in [0.15, 0.2) is 22.7 Å². The van der Waals surface area contributed by atoms with Crippen LogP contribution in [0.1, 0.15) is 18.4 Å². The first kappa shape index (κ1) is 13.3. The van der Waals surface area contributed by atoms with Crippen LogP contribution in [0.3, 0.4) is 0 Å². The van der Waals surface area contributed by atoms with Gasteiger partial charge < -0.3 is 10.1 Å². The van der Waals surface area contributed by atoms with Crippen molar-refractivity contribution in [3.05, 3.63) is 33.3 Å². The van der Waals surface area contributed by atoms with Crippen LogP contribution in [0.25, 0.3) is 0 Å². The predicted molar refractivity (Wildman–Crippen MR) is 74.4 cm³/mol. The normalized spacial score (nSPS) is 19.8. The number of nitrogens with one attached hydrogen (secondary N) is 1. The van der Waals surface area contributed by atoms with E-state index in [0.717, 1.165) is 41.7 Å². The van der Waals surface area contributed by atoms with Gasteiger partial charge in [0.15, 0.2) is 0 Å². The second-order valence-corrected chi connectivity index (χ2v) is 5.72. The van der Waals surface area contributed by atoms with E-state index in [1.165, 1.54) is 18.4 Å².